The van der Waals surface area contributed by atoms with Gasteiger partial charge in [-0.15, -0.1) is 0 Å². The number of carbonyl (C=O) groups excluding carboxylic acids is 1. The maximum absolute atomic E-state index is 12.8. The predicted molar refractivity (Wildman–Crippen MR) is 68.3 cm³/mol. The largest absolute Gasteiger partial charge is 0.375 e. The molecule has 1 aromatic rings. The normalized spacial score (nSPS) is 14.5. The van der Waals surface area contributed by atoms with Crippen LogP contribution in [0.4, 0.5) is 10.1 Å². The van der Waals surface area contributed by atoms with Crippen molar-refractivity contribution in [2.24, 2.45) is 5.92 Å². The van der Waals surface area contributed by atoms with Crippen LogP contribution in [0.2, 0.25) is 0 Å². The minimum Gasteiger partial charge on any atom is -0.375 e. The van der Waals surface area contributed by atoms with E-state index in [2.05, 4.69) is 26.6 Å². The van der Waals surface area contributed by atoms with Crippen LogP contribution in [0.3, 0.4) is 0 Å². The van der Waals surface area contributed by atoms with Gasteiger partial charge in [-0.05, 0) is 52.9 Å². The van der Waals surface area contributed by atoms with E-state index in [-0.39, 0.29) is 18.3 Å². The molecule has 0 spiro atoms. The Labute approximate surface area is 108 Å². The topological polar surface area (TPSA) is 41.1 Å². The summed E-state index contributed by atoms with van der Waals surface area (Å²) in [6.45, 7) is 0.974. The highest BCUT2D eigenvalue weighted by molar-refractivity contribution is 9.10. The highest BCUT2D eigenvalue weighted by Gasteiger charge is 2.21. The van der Waals surface area contributed by atoms with Gasteiger partial charge >= 0.3 is 0 Å². The van der Waals surface area contributed by atoms with E-state index in [1.165, 1.54) is 25.0 Å². The Hall–Kier alpha value is -1.10. The van der Waals surface area contributed by atoms with Gasteiger partial charge in [0.15, 0.2) is 0 Å². The van der Waals surface area contributed by atoms with E-state index in [1.54, 1.807) is 6.07 Å². The maximum atomic E-state index is 12.8. The summed E-state index contributed by atoms with van der Waals surface area (Å²) in [6, 6.07) is 4.33. The van der Waals surface area contributed by atoms with Crippen molar-refractivity contribution < 1.29 is 9.18 Å². The van der Waals surface area contributed by atoms with Crippen LogP contribution in [0.5, 0.6) is 0 Å². The van der Waals surface area contributed by atoms with Crippen LogP contribution >= 0.6 is 15.9 Å². The standard InChI is InChI=1S/C12H14BrFN2O/c13-10-5-9(14)3-4-11(10)15-7-12(17)16-6-8-1-2-8/h3-5,8,15H,1-2,6-7H2,(H,16,17). The van der Waals surface area contributed by atoms with Crippen molar-refractivity contribution in [3.63, 3.8) is 0 Å². The third-order valence-corrected chi connectivity index (χ3v) is 3.31. The summed E-state index contributed by atoms with van der Waals surface area (Å²) in [4.78, 5) is 11.5. The van der Waals surface area contributed by atoms with E-state index in [9.17, 15) is 9.18 Å². The third-order valence-electron chi connectivity index (χ3n) is 2.66. The van der Waals surface area contributed by atoms with E-state index in [0.29, 0.717) is 16.1 Å². The van der Waals surface area contributed by atoms with E-state index in [1.807, 2.05) is 0 Å². The van der Waals surface area contributed by atoms with Gasteiger partial charge in [0.2, 0.25) is 5.91 Å². The summed E-state index contributed by atoms with van der Waals surface area (Å²) in [5, 5.41) is 5.81. The smallest absolute Gasteiger partial charge is 0.239 e. The molecule has 0 bridgehead atoms. The Morgan fingerprint density at radius 2 is 2.24 bits per heavy atom. The van der Waals surface area contributed by atoms with E-state index < -0.39 is 0 Å². The number of carbonyl (C=O) groups is 1. The summed E-state index contributed by atoms with van der Waals surface area (Å²) in [5.74, 6) is 0.338. The van der Waals surface area contributed by atoms with Crippen molar-refractivity contribution in [2.75, 3.05) is 18.4 Å². The maximum Gasteiger partial charge on any atom is 0.239 e. The summed E-state index contributed by atoms with van der Waals surface area (Å²) < 4.78 is 13.4. The van der Waals surface area contributed by atoms with Gasteiger partial charge in [-0.1, -0.05) is 0 Å². The number of rotatable bonds is 5. The average Bonchev–Trinajstić information content (AvgIpc) is 3.09. The molecule has 1 aliphatic rings. The molecule has 0 radical (unpaired) electrons. The molecule has 17 heavy (non-hydrogen) atoms. The van der Waals surface area contributed by atoms with Gasteiger partial charge < -0.3 is 10.6 Å². The fourth-order valence-electron chi connectivity index (χ4n) is 1.45. The number of nitrogens with one attached hydrogen (secondary N) is 2. The van der Waals surface area contributed by atoms with E-state index in [0.717, 1.165) is 6.54 Å². The predicted octanol–water partition coefficient (Wildman–Crippen LogP) is 2.53. The number of halogens is 2. The first-order chi connectivity index (χ1) is 8.15. The molecule has 1 amide bonds. The SMILES string of the molecule is O=C(CNc1ccc(F)cc1Br)NCC1CC1. The molecule has 0 aliphatic heterocycles. The fraction of sp³-hybridized carbons (Fsp3) is 0.417. The minimum absolute atomic E-state index is 0.0341. The van der Waals surface area contributed by atoms with Crippen molar-refractivity contribution in [3.8, 4) is 0 Å². The first-order valence-corrected chi connectivity index (χ1v) is 6.40. The second kappa shape index (κ2) is 5.49. The van der Waals surface area contributed by atoms with Crippen molar-refractivity contribution in [1.29, 1.82) is 0 Å². The molecule has 1 fully saturated rings. The molecule has 0 heterocycles. The van der Waals surface area contributed by atoms with Gasteiger partial charge in [0.25, 0.3) is 0 Å². The van der Waals surface area contributed by atoms with Crippen LogP contribution in [0.25, 0.3) is 0 Å². The van der Waals surface area contributed by atoms with Crippen molar-refractivity contribution >= 4 is 27.5 Å². The lowest BCUT2D eigenvalue weighted by Gasteiger charge is -2.09. The number of benzene rings is 1. The summed E-state index contributed by atoms with van der Waals surface area (Å²) >= 11 is 3.24. The highest BCUT2D eigenvalue weighted by atomic mass is 79.9. The molecular weight excluding hydrogens is 287 g/mol. The molecule has 5 heteroatoms. The van der Waals surface area contributed by atoms with Crippen LogP contribution in [0, 0.1) is 11.7 Å². The highest BCUT2D eigenvalue weighted by Crippen LogP contribution is 2.27. The molecular formula is C12H14BrFN2O. The first kappa shape index (κ1) is 12.4. The zero-order chi connectivity index (χ0) is 12.3. The van der Waals surface area contributed by atoms with Gasteiger partial charge in [0, 0.05) is 16.7 Å². The monoisotopic (exact) mass is 300 g/mol. The Balaban J connectivity index is 1.77. The van der Waals surface area contributed by atoms with Gasteiger partial charge in [-0.2, -0.15) is 0 Å². The van der Waals surface area contributed by atoms with Crippen LogP contribution in [0.1, 0.15) is 12.8 Å². The number of hydrogen-bond donors (Lipinski definition) is 2. The molecule has 0 unspecified atom stereocenters. The van der Waals surface area contributed by atoms with Gasteiger partial charge in [0.05, 0.1) is 6.54 Å². The summed E-state index contributed by atoms with van der Waals surface area (Å²) in [7, 11) is 0. The van der Waals surface area contributed by atoms with E-state index >= 15 is 0 Å². The zero-order valence-electron chi connectivity index (χ0n) is 9.30. The van der Waals surface area contributed by atoms with Gasteiger partial charge in [0.1, 0.15) is 5.82 Å². The number of amides is 1. The van der Waals surface area contributed by atoms with Crippen LogP contribution in [0.15, 0.2) is 22.7 Å². The Morgan fingerprint density at radius 1 is 1.47 bits per heavy atom. The van der Waals surface area contributed by atoms with Gasteiger partial charge in [-0.25, -0.2) is 4.39 Å². The van der Waals surface area contributed by atoms with Crippen LogP contribution in [-0.4, -0.2) is 19.0 Å². The molecule has 1 aromatic carbocycles. The molecule has 2 N–H and O–H groups in total. The van der Waals surface area contributed by atoms with Crippen molar-refractivity contribution in [3.05, 3.63) is 28.5 Å². The quantitative estimate of drug-likeness (QED) is 0.877. The van der Waals surface area contributed by atoms with Crippen LogP contribution in [-0.2, 0) is 4.79 Å². The second-order valence-corrected chi connectivity index (χ2v) is 5.08. The third kappa shape index (κ3) is 4.00. The lowest BCUT2D eigenvalue weighted by Crippen LogP contribution is -2.31. The van der Waals surface area contributed by atoms with Gasteiger partial charge in [-0.3, -0.25) is 4.79 Å². The zero-order valence-corrected chi connectivity index (χ0v) is 10.9. The molecule has 3 nitrogen and oxygen atoms in total. The molecule has 92 valence electrons. The fourth-order valence-corrected chi connectivity index (χ4v) is 1.94. The number of anilines is 1. The Morgan fingerprint density at radius 3 is 2.88 bits per heavy atom. The lowest BCUT2D eigenvalue weighted by atomic mass is 10.3. The lowest BCUT2D eigenvalue weighted by molar-refractivity contribution is -0.119. The first-order valence-electron chi connectivity index (χ1n) is 5.61. The van der Waals surface area contributed by atoms with Crippen LogP contribution < -0.4 is 10.6 Å². The van der Waals surface area contributed by atoms with Crippen molar-refractivity contribution in [2.45, 2.75) is 12.8 Å². The Kier molecular flexibility index (Phi) is 3.99. The second-order valence-electron chi connectivity index (χ2n) is 4.23. The molecule has 0 saturated heterocycles. The van der Waals surface area contributed by atoms with E-state index in [4.69, 9.17) is 0 Å². The molecule has 1 aliphatic carbocycles. The minimum atomic E-state index is -0.305. The molecule has 2 rings (SSSR count). The molecule has 0 aromatic heterocycles. The average molecular weight is 301 g/mol. The summed E-state index contributed by atoms with van der Waals surface area (Å²) in [5.41, 5.74) is 0.716. The Bertz CT molecular complexity index is 421. The molecule has 0 atom stereocenters. The molecule has 1 saturated carbocycles. The number of hydrogen-bond acceptors (Lipinski definition) is 2. The van der Waals surface area contributed by atoms with Crippen molar-refractivity contribution in [1.82, 2.24) is 5.32 Å². The summed E-state index contributed by atoms with van der Waals surface area (Å²) in [6.07, 6.45) is 2.44.